The third kappa shape index (κ3) is 3.30. The summed E-state index contributed by atoms with van der Waals surface area (Å²) in [6, 6.07) is 3.49. The van der Waals surface area contributed by atoms with Crippen LogP contribution in [0.4, 0.5) is 5.00 Å². The maximum atomic E-state index is 11.0. The number of piperidine rings is 1. The molecule has 1 fully saturated rings. The van der Waals surface area contributed by atoms with Gasteiger partial charge in [-0.3, -0.25) is 19.8 Å². The van der Waals surface area contributed by atoms with Crippen LogP contribution in [0, 0.1) is 16.0 Å². The summed E-state index contributed by atoms with van der Waals surface area (Å²) in [6.07, 6.45) is 1.29. The Kier molecular flexibility index (Phi) is 4.16. The number of likely N-dealkylation sites (tertiary alicyclic amines) is 1. The Morgan fingerprint density at radius 1 is 1.63 bits per heavy atom. The zero-order chi connectivity index (χ0) is 14.0. The number of carbonyl (C=O) groups is 1. The van der Waals surface area contributed by atoms with E-state index in [9.17, 15) is 14.9 Å². The highest BCUT2D eigenvalue weighted by atomic mass is 32.1. The predicted octanol–water partition coefficient (Wildman–Crippen LogP) is 2.34. The van der Waals surface area contributed by atoms with Crippen molar-refractivity contribution in [3.8, 4) is 0 Å². The van der Waals surface area contributed by atoms with Gasteiger partial charge < -0.3 is 5.11 Å². The highest BCUT2D eigenvalue weighted by molar-refractivity contribution is 7.15. The molecule has 1 saturated heterocycles. The summed E-state index contributed by atoms with van der Waals surface area (Å²) >= 11 is 1.19. The van der Waals surface area contributed by atoms with Gasteiger partial charge in [-0.1, -0.05) is 11.3 Å². The van der Waals surface area contributed by atoms with Crippen molar-refractivity contribution in [1.82, 2.24) is 4.90 Å². The molecular formula is C12H16N2O4S. The van der Waals surface area contributed by atoms with E-state index >= 15 is 0 Å². The molecule has 0 spiro atoms. The third-order valence-electron chi connectivity index (χ3n) is 3.55. The first-order valence-electron chi connectivity index (χ1n) is 6.17. The lowest BCUT2D eigenvalue weighted by Crippen LogP contribution is -2.41. The second kappa shape index (κ2) is 5.66. The number of hydrogen-bond acceptors (Lipinski definition) is 5. The molecule has 0 amide bonds. The summed E-state index contributed by atoms with van der Waals surface area (Å²) in [6.45, 7) is 3.40. The number of thiophene rings is 1. The van der Waals surface area contributed by atoms with Gasteiger partial charge in [-0.05, 0) is 32.4 Å². The maximum absolute atomic E-state index is 11.0. The van der Waals surface area contributed by atoms with Crippen molar-refractivity contribution < 1.29 is 14.8 Å². The fraction of sp³-hybridized carbons (Fsp3) is 0.583. The molecule has 2 rings (SSSR count). The van der Waals surface area contributed by atoms with E-state index in [1.807, 2.05) is 6.92 Å². The minimum absolute atomic E-state index is 0.156. The predicted molar refractivity (Wildman–Crippen MR) is 71.2 cm³/mol. The molecule has 6 nitrogen and oxygen atoms in total. The summed E-state index contributed by atoms with van der Waals surface area (Å²) in [5, 5.41) is 19.8. The molecule has 1 aromatic rings. The smallest absolute Gasteiger partial charge is 0.324 e. The topological polar surface area (TPSA) is 83.7 Å². The van der Waals surface area contributed by atoms with Crippen LogP contribution in [0.25, 0.3) is 0 Å². The van der Waals surface area contributed by atoms with E-state index < -0.39 is 5.97 Å². The van der Waals surface area contributed by atoms with E-state index in [1.54, 1.807) is 6.07 Å². The minimum atomic E-state index is -0.724. The lowest BCUT2D eigenvalue weighted by molar-refractivity contribution is -0.380. The number of aliphatic carboxylic acids is 1. The molecule has 2 atom stereocenters. The highest BCUT2D eigenvalue weighted by Crippen LogP contribution is 2.29. The van der Waals surface area contributed by atoms with Crippen LogP contribution in [0.5, 0.6) is 0 Å². The van der Waals surface area contributed by atoms with E-state index in [2.05, 4.69) is 4.90 Å². The second-order valence-corrected chi connectivity index (χ2v) is 6.02. The summed E-state index contributed by atoms with van der Waals surface area (Å²) in [7, 11) is 0. The van der Waals surface area contributed by atoms with Crippen molar-refractivity contribution in [2.24, 2.45) is 5.92 Å². The number of nitro groups is 1. The molecule has 1 N–H and O–H groups in total. The van der Waals surface area contributed by atoms with Crippen LogP contribution >= 0.6 is 11.3 Å². The van der Waals surface area contributed by atoms with Crippen LogP contribution in [0.3, 0.4) is 0 Å². The zero-order valence-electron chi connectivity index (χ0n) is 10.6. The first-order valence-corrected chi connectivity index (χ1v) is 6.99. The van der Waals surface area contributed by atoms with Crippen LogP contribution in [-0.2, 0) is 11.3 Å². The van der Waals surface area contributed by atoms with Crippen LogP contribution in [0.2, 0.25) is 0 Å². The van der Waals surface area contributed by atoms with Gasteiger partial charge in [-0.15, -0.1) is 0 Å². The molecule has 104 valence electrons. The Labute approximate surface area is 114 Å². The zero-order valence-corrected chi connectivity index (χ0v) is 11.4. The average molecular weight is 284 g/mol. The Morgan fingerprint density at radius 3 is 2.89 bits per heavy atom. The Balaban J connectivity index is 1.96. The summed E-state index contributed by atoms with van der Waals surface area (Å²) in [5.41, 5.74) is 0. The van der Waals surface area contributed by atoms with Gasteiger partial charge in [0.2, 0.25) is 0 Å². The van der Waals surface area contributed by atoms with Gasteiger partial charge in [0.15, 0.2) is 0 Å². The van der Waals surface area contributed by atoms with E-state index in [-0.39, 0.29) is 21.9 Å². The average Bonchev–Trinajstić information content (AvgIpc) is 2.80. The lowest BCUT2D eigenvalue weighted by Gasteiger charge is -2.35. The SMILES string of the molecule is CC1CC(C(=O)O)CCN1Cc1ccc([N+](=O)[O-])s1. The molecule has 0 aromatic carbocycles. The molecule has 0 bridgehead atoms. The Morgan fingerprint density at radius 2 is 2.37 bits per heavy atom. The van der Waals surface area contributed by atoms with Gasteiger partial charge >= 0.3 is 11.0 Å². The first-order chi connectivity index (χ1) is 8.97. The number of hydrogen-bond donors (Lipinski definition) is 1. The molecule has 0 radical (unpaired) electrons. The van der Waals surface area contributed by atoms with E-state index in [0.717, 1.165) is 11.4 Å². The number of carboxylic acids is 1. The molecule has 1 aliphatic heterocycles. The van der Waals surface area contributed by atoms with Crippen molar-refractivity contribution in [2.75, 3.05) is 6.54 Å². The van der Waals surface area contributed by atoms with Crippen LogP contribution in [0.1, 0.15) is 24.6 Å². The van der Waals surface area contributed by atoms with Crippen molar-refractivity contribution >= 4 is 22.3 Å². The molecule has 7 heteroatoms. The normalized spacial score (nSPS) is 24.3. The molecule has 19 heavy (non-hydrogen) atoms. The van der Waals surface area contributed by atoms with Gasteiger partial charge in [-0.25, -0.2) is 0 Å². The molecular weight excluding hydrogens is 268 g/mol. The standard InChI is InChI=1S/C12H16N2O4S/c1-8-6-9(12(15)16)4-5-13(8)7-10-2-3-11(19-10)14(17)18/h2-3,8-9H,4-7H2,1H3,(H,15,16). The van der Waals surface area contributed by atoms with Crippen molar-refractivity contribution in [3.63, 3.8) is 0 Å². The van der Waals surface area contributed by atoms with Crippen LogP contribution in [-0.4, -0.2) is 33.5 Å². The molecule has 0 saturated carbocycles. The summed E-state index contributed by atoms with van der Waals surface area (Å²) in [5.74, 6) is -0.984. The van der Waals surface area contributed by atoms with Crippen molar-refractivity contribution in [3.05, 3.63) is 27.1 Å². The number of nitrogens with zero attached hydrogens (tertiary/aromatic N) is 2. The van der Waals surface area contributed by atoms with Gasteiger partial charge in [0.1, 0.15) is 0 Å². The number of rotatable bonds is 4. The van der Waals surface area contributed by atoms with E-state index in [1.165, 1.54) is 17.4 Å². The summed E-state index contributed by atoms with van der Waals surface area (Å²) in [4.78, 5) is 24.3. The van der Waals surface area contributed by atoms with Gasteiger partial charge in [0.05, 0.1) is 10.8 Å². The Hall–Kier alpha value is -1.47. The fourth-order valence-electron chi connectivity index (χ4n) is 2.43. The van der Waals surface area contributed by atoms with Crippen LogP contribution < -0.4 is 0 Å². The quantitative estimate of drug-likeness (QED) is 0.677. The van der Waals surface area contributed by atoms with E-state index in [4.69, 9.17) is 5.11 Å². The second-order valence-electron chi connectivity index (χ2n) is 4.88. The van der Waals surface area contributed by atoms with Gasteiger partial charge in [-0.2, -0.15) is 0 Å². The fourth-order valence-corrected chi connectivity index (χ4v) is 3.28. The maximum Gasteiger partial charge on any atom is 0.324 e. The van der Waals surface area contributed by atoms with Crippen LogP contribution in [0.15, 0.2) is 12.1 Å². The lowest BCUT2D eigenvalue weighted by atomic mass is 9.92. The minimum Gasteiger partial charge on any atom is -0.481 e. The highest BCUT2D eigenvalue weighted by Gasteiger charge is 2.29. The van der Waals surface area contributed by atoms with Gasteiger partial charge in [0.25, 0.3) is 0 Å². The van der Waals surface area contributed by atoms with Crippen molar-refractivity contribution in [2.45, 2.75) is 32.4 Å². The van der Waals surface area contributed by atoms with Crippen molar-refractivity contribution in [1.29, 1.82) is 0 Å². The number of carboxylic acid groups (broad SMARTS) is 1. The third-order valence-corrected chi connectivity index (χ3v) is 4.57. The molecule has 1 aromatic heterocycles. The van der Waals surface area contributed by atoms with E-state index in [0.29, 0.717) is 19.4 Å². The monoisotopic (exact) mass is 284 g/mol. The van der Waals surface area contributed by atoms with Gasteiger partial charge in [0, 0.05) is 23.5 Å². The molecule has 0 aliphatic carbocycles. The molecule has 1 aliphatic rings. The largest absolute Gasteiger partial charge is 0.481 e. The Bertz CT molecular complexity index is 488. The molecule has 2 heterocycles. The first kappa shape index (κ1) is 14.0. The molecule has 2 unspecified atom stereocenters. The summed E-state index contributed by atoms with van der Waals surface area (Å²) < 4.78 is 0.